The summed E-state index contributed by atoms with van der Waals surface area (Å²) in [6.45, 7) is 0. The smallest absolute Gasteiger partial charge is 0.326 e. The Kier molecular flexibility index (Phi) is 4.49. The molecule has 1 amide bonds. The van der Waals surface area contributed by atoms with Crippen molar-refractivity contribution in [2.75, 3.05) is 16.9 Å². The molecule has 18 heavy (non-hydrogen) atoms. The summed E-state index contributed by atoms with van der Waals surface area (Å²) in [5.74, 6) is -1.58. The Bertz CT molecular complexity index is 506. The largest absolute Gasteiger partial charge is 0.480 e. The average molecular weight is 275 g/mol. The number of amides is 1. The van der Waals surface area contributed by atoms with E-state index >= 15 is 0 Å². The fraction of sp³-hybridized carbons (Fsp3) is 0.400. The van der Waals surface area contributed by atoms with E-state index in [1.807, 2.05) is 0 Å². The molecule has 0 saturated carbocycles. The molecule has 0 spiro atoms. The number of rotatable bonds is 7. The highest BCUT2D eigenvalue weighted by atomic mass is 32.2. The second kappa shape index (κ2) is 5.67. The van der Waals surface area contributed by atoms with Crippen molar-refractivity contribution < 1.29 is 27.5 Å². The minimum Gasteiger partial charge on any atom is -0.480 e. The number of hydrogen-bond donors (Lipinski definition) is 1. The Morgan fingerprint density at radius 1 is 1.61 bits per heavy atom. The van der Waals surface area contributed by atoms with Crippen LogP contribution in [-0.2, 0) is 19.4 Å². The lowest BCUT2D eigenvalue weighted by Gasteiger charge is -2.23. The number of aliphatic carboxylic acids is 1. The summed E-state index contributed by atoms with van der Waals surface area (Å²) in [6, 6.07) is 0.181. The van der Waals surface area contributed by atoms with Crippen LogP contribution in [-0.4, -0.2) is 44.0 Å². The minimum absolute atomic E-state index is 0.182. The van der Waals surface area contributed by atoms with Gasteiger partial charge in [-0.25, -0.2) is 13.2 Å². The molecule has 1 aromatic rings. The van der Waals surface area contributed by atoms with Crippen molar-refractivity contribution in [3.63, 3.8) is 0 Å². The van der Waals surface area contributed by atoms with Gasteiger partial charge in [0, 0.05) is 12.3 Å². The second-order valence-electron chi connectivity index (χ2n) is 3.77. The van der Waals surface area contributed by atoms with Crippen molar-refractivity contribution in [1.29, 1.82) is 0 Å². The molecule has 1 rings (SSSR count). The van der Waals surface area contributed by atoms with E-state index in [2.05, 4.69) is 0 Å². The number of hydrogen-bond acceptors (Lipinski definition) is 5. The van der Waals surface area contributed by atoms with E-state index < -0.39 is 21.8 Å². The van der Waals surface area contributed by atoms with Crippen LogP contribution in [0.3, 0.4) is 0 Å². The number of sulfone groups is 1. The van der Waals surface area contributed by atoms with Crippen LogP contribution in [0.25, 0.3) is 0 Å². The first kappa shape index (κ1) is 14.2. The number of nitrogens with zero attached hydrogens (tertiary/aromatic N) is 1. The number of carboxylic acids is 1. The van der Waals surface area contributed by atoms with Crippen molar-refractivity contribution in [2.24, 2.45) is 0 Å². The third-order valence-corrected chi connectivity index (χ3v) is 3.28. The molecule has 0 bridgehead atoms. The number of carboxylic acid groups (broad SMARTS) is 1. The first-order valence-electron chi connectivity index (χ1n) is 5.01. The topological polar surface area (TPSA) is 105 Å². The van der Waals surface area contributed by atoms with Gasteiger partial charge in [-0.3, -0.25) is 9.69 Å². The van der Waals surface area contributed by atoms with Crippen LogP contribution in [0.15, 0.2) is 23.0 Å². The molecule has 1 unspecified atom stereocenters. The number of anilines is 1. The van der Waals surface area contributed by atoms with E-state index in [-0.39, 0.29) is 17.9 Å². The summed E-state index contributed by atoms with van der Waals surface area (Å²) in [7, 11) is -3.29. The molecule has 8 heteroatoms. The Morgan fingerprint density at radius 3 is 2.67 bits per heavy atom. The Balaban J connectivity index is 2.89. The van der Waals surface area contributed by atoms with Crippen molar-refractivity contribution in [2.45, 2.75) is 12.5 Å². The average Bonchev–Trinajstić information content (AvgIpc) is 2.75. The molecule has 0 saturated heterocycles. The zero-order valence-corrected chi connectivity index (χ0v) is 10.5. The Hall–Kier alpha value is -1.83. The third-order valence-electron chi connectivity index (χ3n) is 2.30. The number of carbonyl (C=O) groups is 2. The van der Waals surface area contributed by atoms with Gasteiger partial charge in [0.15, 0.2) is 0 Å². The Labute approximate surface area is 104 Å². The molecule has 1 heterocycles. The van der Waals surface area contributed by atoms with Gasteiger partial charge in [-0.15, -0.1) is 0 Å². The van der Waals surface area contributed by atoms with Crippen LogP contribution >= 0.6 is 0 Å². The predicted molar refractivity (Wildman–Crippen MR) is 63.0 cm³/mol. The van der Waals surface area contributed by atoms with Gasteiger partial charge in [0.1, 0.15) is 22.1 Å². The normalized spacial score (nSPS) is 12.9. The van der Waals surface area contributed by atoms with Gasteiger partial charge in [0.05, 0.1) is 17.7 Å². The highest BCUT2D eigenvalue weighted by Crippen LogP contribution is 2.18. The lowest BCUT2D eigenvalue weighted by molar-refractivity contribution is -0.139. The number of furan rings is 1. The lowest BCUT2D eigenvalue weighted by atomic mass is 10.2. The molecular weight excluding hydrogens is 262 g/mol. The Morgan fingerprint density at radius 2 is 2.28 bits per heavy atom. The van der Waals surface area contributed by atoms with Gasteiger partial charge in [0.2, 0.25) is 6.41 Å². The molecule has 1 aromatic heterocycles. The summed E-state index contributed by atoms with van der Waals surface area (Å²) >= 11 is 0. The van der Waals surface area contributed by atoms with Crippen molar-refractivity contribution in [3.05, 3.63) is 18.6 Å². The van der Waals surface area contributed by atoms with Crippen LogP contribution in [0, 0.1) is 0 Å². The van der Waals surface area contributed by atoms with E-state index in [4.69, 9.17) is 9.52 Å². The van der Waals surface area contributed by atoms with E-state index in [9.17, 15) is 18.0 Å². The standard InChI is InChI=1S/C10H13NO6S/c1-18(15,16)5-3-9(10(13)14)11(7-12)8-2-4-17-6-8/h2,4,6-7,9H,3,5H2,1H3,(H,13,14). The predicted octanol–water partition coefficient (Wildman–Crippen LogP) is 0.130. The summed E-state index contributed by atoms with van der Waals surface area (Å²) in [5, 5.41) is 9.04. The first-order chi connectivity index (χ1) is 8.35. The minimum atomic E-state index is -3.29. The quantitative estimate of drug-likeness (QED) is 0.709. The van der Waals surface area contributed by atoms with Crippen LogP contribution in [0.4, 0.5) is 5.69 Å². The van der Waals surface area contributed by atoms with Crippen LogP contribution in [0.2, 0.25) is 0 Å². The maximum atomic E-state index is 11.1. The summed E-state index contributed by atoms with van der Waals surface area (Å²) in [5.41, 5.74) is 0.269. The maximum absolute atomic E-state index is 11.1. The summed E-state index contributed by atoms with van der Waals surface area (Å²) < 4.78 is 26.8. The fourth-order valence-corrected chi connectivity index (χ4v) is 2.08. The molecule has 7 nitrogen and oxygen atoms in total. The molecule has 0 radical (unpaired) electrons. The van der Waals surface area contributed by atoms with Crippen LogP contribution in [0.1, 0.15) is 6.42 Å². The van der Waals surface area contributed by atoms with E-state index in [1.165, 1.54) is 18.6 Å². The van der Waals surface area contributed by atoms with Crippen molar-refractivity contribution in [1.82, 2.24) is 0 Å². The highest BCUT2D eigenvalue weighted by Gasteiger charge is 2.27. The lowest BCUT2D eigenvalue weighted by Crippen LogP contribution is -2.41. The van der Waals surface area contributed by atoms with E-state index in [1.54, 1.807) is 0 Å². The van der Waals surface area contributed by atoms with Crippen LogP contribution in [0.5, 0.6) is 0 Å². The van der Waals surface area contributed by atoms with E-state index in [0.29, 0.717) is 6.41 Å². The SMILES string of the molecule is CS(=O)(=O)CCC(C(=O)O)N(C=O)c1ccoc1. The summed E-state index contributed by atoms with van der Waals surface area (Å²) in [4.78, 5) is 23.0. The summed E-state index contributed by atoms with van der Waals surface area (Å²) in [6.07, 6.45) is 3.67. The first-order valence-corrected chi connectivity index (χ1v) is 7.07. The zero-order chi connectivity index (χ0) is 13.8. The second-order valence-corrected chi connectivity index (χ2v) is 6.03. The van der Waals surface area contributed by atoms with Gasteiger partial charge < -0.3 is 9.52 Å². The molecule has 0 aliphatic heterocycles. The van der Waals surface area contributed by atoms with E-state index in [0.717, 1.165) is 11.2 Å². The molecule has 1 atom stereocenters. The van der Waals surface area contributed by atoms with Crippen molar-refractivity contribution >= 4 is 27.9 Å². The monoisotopic (exact) mass is 275 g/mol. The molecule has 0 fully saturated rings. The third kappa shape index (κ3) is 3.88. The molecule has 0 aromatic carbocycles. The molecule has 100 valence electrons. The van der Waals surface area contributed by atoms with Gasteiger partial charge in [0.25, 0.3) is 0 Å². The van der Waals surface area contributed by atoms with Crippen molar-refractivity contribution in [3.8, 4) is 0 Å². The highest BCUT2D eigenvalue weighted by molar-refractivity contribution is 7.90. The molecule has 1 N–H and O–H groups in total. The van der Waals surface area contributed by atoms with Gasteiger partial charge in [-0.2, -0.15) is 0 Å². The molecule has 0 aliphatic carbocycles. The zero-order valence-electron chi connectivity index (χ0n) is 9.64. The number of carbonyl (C=O) groups excluding carboxylic acids is 1. The fourth-order valence-electron chi connectivity index (χ4n) is 1.43. The van der Waals surface area contributed by atoms with Gasteiger partial charge in [-0.1, -0.05) is 0 Å². The van der Waals surface area contributed by atoms with Gasteiger partial charge in [-0.05, 0) is 6.42 Å². The van der Waals surface area contributed by atoms with Gasteiger partial charge >= 0.3 is 5.97 Å². The van der Waals surface area contributed by atoms with Crippen LogP contribution < -0.4 is 4.90 Å². The molecular formula is C10H13NO6S. The molecule has 0 aliphatic rings. The maximum Gasteiger partial charge on any atom is 0.326 e.